The lowest BCUT2D eigenvalue weighted by Crippen LogP contribution is -2.30. The minimum atomic E-state index is -0.170. The molecule has 0 amide bonds. The van der Waals surface area contributed by atoms with Gasteiger partial charge in [-0.3, -0.25) is 9.36 Å². The van der Waals surface area contributed by atoms with Gasteiger partial charge in [-0.2, -0.15) is 0 Å². The van der Waals surface area contributed by atoms with Gasteiger partial charge in [-0.1, -0.05) is 29.8 Å². The number of nitrogens with zero attached hydrogens (tertiary/aromatic N) is 4. The molecule has 0 aliphatic rings. The maximum absolute atomic E-state index is 13.5. The van der Waals surface area contributed by atoms with Gasteiger partial charge in [-0.25, -0.2) is 4.98 Å². The number of rotatable bonds is 6. The molecule has 3 aromatic rings. The zero-order valence-corrected chi connectivity index (χ0v) is 17.1. The van der Waals surface area contributed by atoms with E-state index in [0.29, 0.717) is 27.4 Å². The van der Waals surface area contributed by atoms with E-state index in [1.54, 1.807) is 12.1 Å². The van der Waals surface area contributed by atoms with Crippen molar-refractivity contribution in [1.82, 2.24) is 14.5 Å². The van der Waals surface area contributed by atoms with Crippen molar-refractivity contribution in [3.8, 4) is 5.69 Å². The van der Waals surface area contributed by atoms with Gasteiger partial charge in [-0.15, -0.1) is 11.6 Å². The number of anilines is 1. The highest BCUT2D eigenvalue weighted by atomic mass is 35.5. The number of alkyl halides is 1. The predicted molar refractivity (Wildman–Crippen MR) is 114 cm³/mol. The Kier molecular flexibility index (Phi) is 6.05. The van der Waals surface area contributed by atoms with Gasteiger partial charge >= 0.3 is 0 Å². The van der Waals surface area contributed by atoms with Gasteiger partial charge in [0, 0.05) is 20.1 Å². The molecule has 0 saturated carbocycles. The highest BCUT2D eigenvalue weighted by Gasteiger charge is 2.18. The van der Waals surface area contributed by atoms with Crippen molar-refractivity contribution in [3.05, 3.63) is 63.7 Å². The zero-order chi connectivity index (χ0) is 19.6. The second-order valence-electron chi connectivity index (χ2n) is 6.65. The van der Waals surface area contributed by atoms with Crippen LogP contribution in [-0.2, 0) is 5.88 Å². The first-order chi connectivity index (χ1) is 12.9. The average molecular weight is 405 g/mol. The van der Waals surface area contributed by atoms with Crippen LogP contribution in [-0.4, -0.2) is 48.7 Å². The van der Waals surface area contributed by atoms with E-state index < -0.39 is 0 Å². The first kappa shape index (κ1) is 19.7. The molecule has 3 rings (SSSR count). The van der Waals surface area contributed by atoms with Crippen molar-refractivity contribution in [1.29, 1.82) is 0 Å². The first-order valence-electron chi connectivity index (χ1n) is 8.65. The Morgan fingerprint density at radius 1 is 1.04 bits per heavy atom. The summed E-state index contributed by atoms with van der Waals surface area (Å²) in [7, 11) is 6.03. The quantitative estimate of drug-likeness (QED) is 0.586. The highest BCUT2D eigenvalue weighted by Crippen LogP contribution is 2.26. The van der Waals surface area contributed by atoms with E-state index in [-0.39, 0.29) is 11.4 Å². The molecule has 27 heavy (non-hydrogen) atoms. The summed E-state index contributed by atoms with van der Waals surface area (Å²) in [5.74, 6) is 0.576. The number of halogens is 2. The van der Waals surface area contributed by atoms with Crippen LogP contribution in [0, 0.1) is 0 Å². The van der Waals surface area contributed by atoms with Crippen molar-refractivity contribution in [2.45, 2.75) is 5.88 Å². The summed E-state index contributed by atoms with van der Waals surface area (Å²) < 4.78 is 1.51. The van der Waals surface area contributed by atoms with Crippen molar-refractivity contribution in [2.24, 2.45) is 0 Å². The van der Waals surface area contributed by atoms with Crippen LogP contribution >= 0.6 is 23.2 Å². The van der Waals surface area contributed by atoms with Crippen molar-refractivity contribution < 1.29 is 0 Å². The summed E-state index contributed by atoms with van der Waals surface area (Å²) in [5.41, 5.74) is 1.89. The van der Waals surface area contributed by atoms with E-state index in [1.165, 1.54) is 4.57 Å². The fourth-order valence-corrected chi connectivity index (χ4v) is 3.42. The van der Waals surface area contributed by atoms with E-state index in [2.05, 4.69) is 14.8 Å². The van der Waals surface area contributed by atoms with Gasteiger partial charge in [0.25, 0.3) is 5.56 Å². The molecule has 142 valence electrons. The van der Waals surface area contributed by atoms with Gasteiger partial charge in [-0.05, 0) is 38.4 Å². The molecule has 0 atom stereocenters. The average Bonchev–Trinajstić information content (AvgIpc) is 2.66. The van der Waals surface area contributed by atoms with Gasteiger partial charge in [0.05, 0.1) is 33.2 Å². The number of benzene rings is 2. The number of likely N-dealkylation sites (N-methyl/N-ethyl adjacent to an activating group) is 2. The number of hydrogen-bond donors (Lipinski definition) is 0. The van der Waals surface area contributed by atoms with Crippen LogP contribution in [0.5, 0.6) is 0 Å². The molecule has 0 fully saturated rings. The molecule has 0 N–H and O–H groups in total. The zero-order valence-electron chi connectivity index (χ0n) is 15.6. The lowest BCUT2D eigenvalue weighted by molar-refractivity contribution is 0.416. The van der Waals surface area contributed by atoms with E-state index in [1.807, 2.05) is 51.5 Å². The molecule has 2 aromatic carbocycles. The third kappa shape index (κ3) is 3.95. The van der Waals surface area contributed by atoms with Crippen LogP contribution in [0.15, 0.2) is 47.3 Å². The maximum Gasteiger partial charge on any atom is 0.268 e. The minimum absolute atomic E-state index is 0.108. The van der Waals surface area contributed by atoms with Gasteiger partial charge < -0.3 is 9.80 Å². The molecular weight excluding hydrogens is 383 g/mol. The first-order valence-corrected chi connectivity index (χ1v) is 9.56. The molecule has 0 aliphatic carbocycles. The Balaban J connectivity index is 2.26. The van der Waals surface area contributed by atoms with Crippen molar-refractivity contribution in [3.63, 3.8) is 0 Å². The van der Waals surface area contributed by atoms with E-state index in [4.69, 9.17) is 23.2 Å². The Hall–Kier alpha value is -2.08. The highest BCUT2D eigenvalue weighted by molar-refractivity contribution is 6.32. The second-order valence-corrected chi connectivity index (χ2v) is 7.32. The minimum Gasteiger partial charge on any atom is -0.373 e. The van der Waals surface area contributed by atoms with Crippen molar-refractivity contribution >= 4 is 39.8 Å². The molecule has 0 unspecified atom stereocenters. The lowest BCUT2D eigenvalue weighted by atomic mass is 10.1. The summed E-state index contributed by atoms with van der Waals surface area (Å²) in [5, 5.41) is 1.04. The summed E-state index contributed by atoms with van der Waals surface area (Å²) in [6.07, 6.45) is 0. The molecular formula is C20H22Cl2N4O. The number of para-hydroxylation sites is 1. The maximum atomic E-state index is 13.5. The van der Waals surface area contributed by atoms with Crippen LogP contribution in [0.25, 0.3) is 16.6 Å². The van der Waals surface area contributed by atoms with Gasteiger partial charge in [0.1, 0.15) is 5.82 Å². The van der Waals surface area contributed by atoms with E-state index in [9.17, 15) is 4.79 Å². The van der Waals surface area contributed by atoms with Crippen LogP contribution in [0.4, 0.5) is 5.69 Å². The van der Waals surface area contributed by atoms with Crippen LogP contribution < -0.4 is 10.5 Å². The Bertz CT molecular complexity index is 1020. The van der Waals surface area contributed by atoms with Gasteiger partial charge in [0.2, 0.25) is 0 Å². The monoisotopic (exact) mass is 404 g/mol. The van der Waals surface area contributed by atoms with E-state index >= 15 is 0 Å². The molecule has 7 heteroatoms. The molecule has 0 saturated heterocycles. The SMILES string of the molecule is CN(C)CCN(C)c1cccc2nc(CCl)n(-c3ccccc3Cl)c(=O)c12. The van der Waals surface area contributed by atoms with Crippen LogP contribution in [0.1, 0.15) is 5.82 Å². The standard InChI is InChI=1S/C20H22Cl2N4O/c1-24(2)11-12-25(3)17-10-6-8-15-19(17)20(27)26(18(13-21)23-15)16-9-5-4-7-14(16)22/h4-10H,11-13H2,1-3H3. The van der Waals surface area contributed by atoms with Crippen molar-refractivity contribution in [2.75, 3.05) is 39.1 Å². The summed E-state index contributed by atoms with van der Waals surface area (Å²) >= 11 is 12.5. The van der Waals surface area contributed by atoms with Gasteiger partial charge in [0.15, 0.2) is 0 Å². The second kappa shape index (κ2) is 8.30. The summed E-state index contributed by atoms with van der Waals surface area (Å²) in [6, 6.07) is 12.9. The fourth-order valence-electron chi connectivity index (χ4n) is 3.02. The predicted octanol–water partition coefficient (Wildman–Crippen LogP) is 3.78. The summed E-state index contributed by atoms with van der Waals surface area (Å²) in [6.45, 7) is 1.66. The number of fused-ring (bicyclic) bond motifs is 1. The molecule has 0 radical (unpaired) electrons. The summed E-state index contributed by atoms with van der Waals surface area (Å²) in [4.78, 5) is 22.3. The molecule has 1 aromatic heterocycles. The molecule has 1 heterocycles. The topological polar surface area (TPSA) is 41.4 Å². The van der Waals surface area contributed by atoms with Crippen LogP contribution in [0.3, 0.4) is 0 Å². The largest absolute Gasteiger partial charge is 0.373 e. The fraction of sp³-hybridized carbons (Fsp3) is 0.300. The number of aromatic nitrogens is 2. The molecule has 5 nitrogen and oxygen atoms in total. The number of hydrogen-bond acceptors (Lipinski definition) is 4. The Morgan fingerprint density at radius 2 is 1.78 bits per heavy atom. The third-order valence-corrected chi connectivity index (χ3v) is 5.01. The van der Waals surface area contributed by atoms with E-state index in [0.717, 1.165) is 18.8 Å². The molecule has 0 spiro atoms. The van der Waals surface area contributed by atoms with Crippen LogP contribution in [0.2, 0.25) is 5.02 Å². The Labute approximate surface area is 168 Å². The molecule has 0 bridgehead atoms. The smallest absolute Gasteiger partial charge is 0.268 e. The Morgan fingerprint density at radius 3 is 2.44 bits per heavy atom. The lowest BCUT2D eigenvalue weighted by Gasteiger charge is -2.23. The normalized spacial score (nSPS) is 11.3. The third-order valence-electron chi connectivity index (χ3n) is 4.45. The molecule has 0 aliphatic heterocycles.